The quantitative estimate of drug-likeness (QED) is 0.772. The summed E-state index contributed by atoms with van der Waals surface area (Å²) in [6, 6.07) is 3.63. The summed E-state index contributed by atoms with van der Waals surface area (Å²) >= 11 is 0. The zero-order chi connectivity index (χ0) is 12.0. The summed E-state index contributed by atoms with van der Waals surface area (Å²) in [5.41, 5.74) is 5.67. The summed E-state index contributed by atoms with van der Waals surface area (Å²) in [6.45, 7) is 4.89. The van der Waals surface area contributed by atoms with Crippen molar-refractivity contribution in [1.29, 1.82) is 0 Å². The average Bonchev–Trinajstić information content (AvgIpc) is 2.68. The minimum atomic E-state index is 0.214. The van der Waals surface area contributed by atoms with E-state index in [2.05, 4.69) is 13.8 Å². The zero-order valence-electron chi connectivity index (χ0n) is 10.1. The number of carbonyl (C=O) groups excluding carboxylic acids is 1. The molecule has 90 valence electrons. The maximum Gasteiger partial charge on any atom is 0.140 e. The molecular weight excluding hydrogens is 202 g/mol. The van der Waals surface area contributed by atoms with Gasteiger partial charge in [0.2, 0.25) is 0 Å². The summed E-state index contributed by atoms with van der Waals surface area (Å²) < 4.78 is 5.15. The molecule has 0 amide bonds. The Morgan fingerprint density at radius 3 is 2.75 bits per heavy atom. The van der Waals surface area contributed by atoms with E-state index >= 15 is 0 Å². The topological polar surface area (TPSA) is 56.2 Å². The van der Waals surface area contributed by atoms with E-state index in [1.54, 1.807) is 12.3 Å². The van der Waals surface area contributed by atoms with Crippen LogP contribution in [0.5, 0.6) is 0 Å². The summed E-state index contributed by atoms with van der Waals surface area (Å²) in [4.78, 5) is 11.7. The average molecular weight is 223 g/mol. The molecule has 1 atom stereocenters. The van der Waals surface area contributed by atoms with Crippen LogP contribution in [0.3, 0.4) is 0 Å². The molecule has 0 saturated carbocycles. The molecule has 0 bridgehead atoms. The second-order valence-electron chi connectivity index (χ2n) is 4.73. The van der Waals surface area contributed by atoms with Gasteiger partial charge < -0.3 is 10.2 Å². The van der Waals surface area contributed by atoms with Crippen LogP contribution in [0.15, 0.2) is 22.8 Å². The Kier molecular flexibility index (Phi) is 5.26. The Balaban J connectivity index is 2.37. The Morgan fingerprint density at radius 2 is 2.25 bits per heavy atom. The SMILES string of the molecule is CC(C)CC(CN)CC(=O)Cc1ccco1. The van der Waals surface area contributed by atoms with Crippen LogP contribution >= 0.6 is 0 Å². The summed E-state index contributed by atoms with van der Waals surface area (Å²) in [7, 11) is 0. The highest BCUT2D eigenvalue weighted by Gasteiger charge is 2.15. The monoisotopic (exact) mass is 223 g/mol. The molecule has 1 aromatic rings. The van der Waals surface area contributed by atoms with Gasteiger partial charge in [-0.2, -0.15) is 0 Å². The van der Waals surface area contributed by atoms with E-state index in [0.717, 1.165) is 12.2 Å². The predicted octanol–water partition coefficient (Wildman–Crippen LogP) is 2.40. The van der Waals surface area contributed by atoms with Crippen LogP contribution in [0.2, 0.25) is 0 Å². The molecule has 3 nitrogen and oxygen atoms in total. The van der Waals surface area contributed by atoms with Crippen LogP contribution in [0, 0.1) is 11.8 Å². The van der Waals surface area contributed by atoms with Gasteiger partial charge in [-0.1, -0.05) is 13.8 Å². The fourth-order valence-corrected chi connectivity index (χ4v) is 1.93. The molecule has 1 unspecified atom stereocenters. The van der Waals surface area contributed by atoms with Gasteiger partial charge in [0.05, 0.1) is 12.7 Å². The second-order valence-corrected chi connectivity index (χ2v) is 4.73. The highest BCUT2D eigenvalue weighted by molar-refractivity contribution is 5.80. The summed E-state index contributed by atoms with van der Waals surface area (Å²) in [6.07, 6.45) is 3.56. The number of hydrogen-bond donors (Lipinski definition) is 1. The lowest BCUT2D eigenvalue weighted by Crippen LogP contribution is -2.20. The van der Waals surface area contributed by atoms with Gasteiger partial charge in [0.15, 0.2) is 0 Å². The van der Waals surface area contributed by atoms with Crippen molar-refractivity contribution in [1.82, 2.24) is 0 Å². The van der Waals surface area contributed by atoms with Gasteiger partial charge in [-0.15, -0.1) is 0 Å². The van der Waals surface area contributed by atoms with E-state index in [-0.39, 0.29) is 5.78 Å². The Labute approximate surface area is 97.0 Å². The molecule has 16 heavy (non-hydrogen) atoms. The highest BCUT2D eigenvalue weighted by Crippen LogP contribution is 2.16. The normalized spacial score (nSPS) is 13.0. The molecule has 0 saturated heterocycles. The Bertz CT molecular complexity index is 304. The third-order valence-corrected chi connectivity index (χ3v) is 2.61. The number of furan rings is 1. The van der Waals surface area contributed by atoms with Crippen LogP contribution in [-0.2, 0) is 11.2 Å². The molecule has 0 radical (unpaired) electrons. The van der Waals surface area contributed by atoms with Crippen molar-refractivity contribution < 1.29 is 9.21 Å². The molecule has 0 aliphatic carbocycles. The van der Waals surface area contributed by atoms with Crippen LogP contribution in [-0.4, -0.2) is 12.3 Å². The van der Waals surface area contributed by atoms with Gasteiger partial charge in [-0.05, 0) is 36.9 Å². The van der Waals surface area contributed by atoms with E-state index in [1.165, 1.54) is 0 Å². The first kappa shape index (κ1) is 13.0. The molecule has 2 N–H and O–H groups in total. The predicted molar refractivity (Wildman–Crippen MR) is 64.0 cm³/mol. The van der Waals surface area contributed by atoms with Gasteiger partial charge in [0, 0.05) is 6.42 Å². The third-order valence-electron chi connectivity index (χ3n) is 2.61. The maximum absolute atomic E-state index is 11.7. The largest absolute Gasteiger partial charge is 0.469 e. The van der Waals surface area contributed by atoms with Crippen molar-refractivity contribution >= 4 is 5.78 Å². The smallest absolute Gasteiger partial charge is 0.140 e. The molecule has 0 fully saturated rings. The van der Waals surface area contributed by atoms with E-state index in [0.29, 0.717) is 31.2 Å². The molecule has 1 aromatic heterocycles. The van der Waals surface area contributed by atoms with E-state index < -0.39 is 0 Å². The minimum absolute atomic E-state index is 0.214. The molecule has 0 spiro atoms. The highest BCUT2D eigenvalue weighted by atomic mass is 16.3. The lowest BCUT2D eigenvalue weighted by molar-refractivity contribution is -0.119. The van der Waals surface area contributed by atoms with E-state index in [9.17, 15) is 4.79 Å². The molecular formula is C13H21NO2. The van der Waals surface area contributed by atoms with Gasteiger partial charge in [-0.3, -0.25) is 4.79 Å². The van der Waals surface area contributed by atoms with Crippen molar-refractivity contribution in [2.75, 3.05) is 6.54 Å². The van der Waals surface area contributed by atoms with Crippen molar-refractivity contribution in [3.8, 4) is 0 Å². The summed E-state index contributed by atoms with van der Waals surface area (Å²) in [5, 5.41) is 0. The van der Waals surface area contributed by atoms with Crippen LogP contribution in [0.25, 0.3) is 0 Å². The number of carbonyl (C=O) groups is 1. The van der Waals surface area contributed by atoms with Crippen molar-refractivity contribution in [3.63, 3.8) is 0 Å². The molecule has 1 heterocycles. The Morgan fingerprint density at radius 1 is 1.50 bits per heavy atom. The molecule has 3 heteroatoms. The van der Waals surface area contributed by atoms with Crippen LogP contribution < -0.4 is 5.73 Å². The third kappa shape index (κ3) is 4.62. The lowest BCUT2D eigenvalue weighted by Gasteiger charge is -2.15. The number of Topliss-reactive ketones (excluding diaryl/α,β-unsaturated/α-hetero) is 1. The number of ketones is 1. The first-order chi connectivity index (χ1) is 7.61. The molecule has 0 aromatic carbocycles. The molecule has 1 rings (SSSR count). The number of rotatable bonds is 7. The van der Waals surface area contributed by atoms with E-state index in [1.807, 2.05) is 6.07 Å². The molecule has 0 aliphatic rings. The van der Waals surface area contributed by atoms with Gasteiger partial charge in [-0.25, -0.2) is 0 Å². The first-order valence-electron chi connectivity index (χ1n) is 5.86. The first-order valence-corrected chi connectivity index (χ1v) is 5.86. The standard InChI is InChI=1S/C13H21NO2/c1-10(2)6-11(9-14)7-12(15)8-13-4-3-5-16-13/h3-5,10-11H,6-9,14H2,1-2H3. The minimum Gasteiger partial charge on any atom is -0.469 e. The zero-order valence-corrected chi connectivity index (χ0v) is 10.1. The van der Waals surface area contributed by atoms with Crippen molar-refractivity contribution in [2.45, 2.75) is 33.1 Å². The van der Waals surface area contributed by atoms with Gasteiger partial charge in [0.25, 0.3) is 0 Å². The number of hydrogen-bond acceptors (Lipinski definition) is 3. The fraction of sp³-hybridized carbons (Fsp3) is 0.615. The van der Waals surface area contributed by atoms with E-state index in [4.69, 9.17) is 10.2 Å². The van der Waals surface area contributed by atoms with Gasteiger partial charge in [0.1, 0.15) is 11.5 Å². The number of nitrogens with two attached hydrogens (primary N) is 1. The second kappa shape index (κ2) is 6.48. The molecule has 0 aliphatic heterocycles. The fourth-order valence-electron chi connectivity index (χ4n) is 1.93. The lowest BCUT2D eigenvalue weighted by atomic mass is 9.91. The maximum atomic E-state index is 11.7. The summed E-state index contributed by atoms with van der Waals surface area (Å²) in [5.74, 6) is 1.85. The Hall–Kier alpha value is -1.09. The van der Waals surface area contributed by atoms with Gasteiger partial charge >= 0.3 is 0 Å². The van der Waals surface area contributed by atoms with Crippen molar-refractivity contribution in [3.05, 3.63) is 24.2 Å². The van der Waals surface area contributed by atoms with Crippen molar-refractivity contribution in [2.24, 2.45) is 17.6 Å². The van der Waals surface area contributed by atoms with Crippen LogP contribution in [0.4, 0.5) is 0 Å². The van der Waals surface area contributed by atoms with Crippen LogP contribution in [0.1, 0.15) is 32.4 Å².